The van der Waals surface area contributed by atoms with Crippen molar-refractivity contribution in [3.63, 3.8) is 0 Å². The predicted molar refractivity (Wildman–Crippen MR) is 79.2 cm³/mol. The summed E-state index contributed by atoms with van der Waals surface area (Å²) in [6.07, 6.45) is 0.425. The minimum Gasteiger partial charge on any atom is -0.490 e. The van der Waals surface area contributed by atoms with Crippen LogP contribution in [0.5, 0.6) is 5.75 Å². The van der Waals surface area contributed by atoms with Crippen LogP contribution in [0.15, 0.2) is 48.5 Å². The van der Waals surface area contributed by atoms with E-state index in [-0.39, 0.29) is 5.91 Å². The van der Waals surface area contributed by atoms with Gasteiger partial charge in [-0.15, -0.1) is 0 Å². The Hall–Kier alpha value is -2.29. The first-order valence-electron chi connectivity index (χ1n) is 6.82. The second-order valence-corrected chi connectivity index (χ2v) is 5.02. The number of hydrogen-bond donors (Lipinski definition) is 0. The second kappa shape index (κ2) is 5.37. The zero-order chi connectivity index (χ0) is 13.9. The SMILES string of the molecule is Cc1ccc(CC(=O)N2CCOc3ccccc32)cc1. The van der Waals surface area contributed by atoms with Crippen LogP contribution in [0, 0.1) is 6.92 Å². The Morgan fingerprint density at radius 3 is 2.70 bits per heavy atom. The van der Waals surface area contributed by atoms with Crippen LogP contribution < -0.4 is 9.64 Å². The summed E-state index contributed by atoms with van der Waals surface area (Å²) in [5, 5.41) is 0. The van der Waals surface area contributed by atoms with Crippen LogP contribution in [0.2, 0.25) is 0 Å². The van der Waals surface area contributed by atoms with Gasteiger partial charge in [0.25, 0.3) is 0 Å². The molecule has 2 aromatic carbocycles. The van der Waals surface area contributed by atoms with E-state index in [1.807, 2.05) is 60.4 Å². The number of ether oxygens (including phenoxy) is 1. The van der Waals surface area contributed by atoms with Crippen molar-refractivity contribution in [1.29, 1.82) is 0 Å². The quantitative estimate of drug-likeness (QED) is 0.837. The lowest BCUT2D eigenvalue weighted by molar-refractivity contribution is -0.118. The van der Waals surface area contributed by atoms with Gasteiger partial charge in [0, 0.05) is 0 Å². The van der Waals surface area contributed by atoms with Crippen LogP contribution in [0.1, 0.15) is 11.1 Å². The number of fused-ring (bicyclic) bond motifs is 1. The van der Waals surface area contributed by atoms with Crippen LogP contribution in [0.4, 0.5) is 5.69 Å². The molecule has 0 bridgehead atoms. The molecule has 3 rings (SSSR count). The molecule has 0 atom stereocenters. The van der Waals surface area contributed by atoms with Crippen molar-refractivity contribution in [2.75, 3.05) is 18.1 Å². The normalized spacial score (nSPS) is 13.6. The molecule has 0 spiro atoms. The molecule has 1 aliphatic heterocycles. The van der Waals surface area contributed by atoms with Crippen molar-refractivity contribution in [1.82, 2.24) is 0 Å². The number of carbonyl (C=O) groups is 1. The molecule has 3 heteroatoms. The van der Waals surface area contributed by atoms with Gasteiger partial charge in [-0.2, -0.15) is 0 Å². The predicted octanol–water partition coefficient (Wildman–Crippen LogP) is 2.96. The van der Waals surface area contributed by atoms with Crippen molar-refractivity contribution in [2.45, 2.75) is 13.3 Å². The van der Waals surface area contributed by atoms with Gasteiger partial charge in [-0.1, -0.05) is 42.0 Å². The molecule has 1 aliphatic rings. The van der Waals surface area contributed by atoms with E-state index < -0.39 is 0 Å². The monoisotopic (exact) mass is 267 g/mol. The van der Waals surface area contributed by atoms with E-state index in [0.29, 0.717) is 19.6 Å². The number of nitrogens with zero attached hydrogens (tertiary/aromatic N) is 1. The van der Waals surface area contributed by atoms with Gasteiger partial charge < -0.3 is 9.64 Å². The number of rotatable bonds is 2. The van der Waals surface area contributed by atoms with E-state index in [1.165, 1.54) is 5.56 Å². The lowest BCUT2D eigenvalue weighted by Gasteiger charge is -2.29. The minimum atomic E-state index is 0.115. The molecule has 2 aromatic rings. The average molecular weight is 267 g/mol. The highest BCUT2D eigenvalue weighted by atomic mass is 16.5. The first-order chi connectivity index (χ1) is 9.74. The van der Waals surface area contributed by atoms with Gasteiger partial charge in [-0.05, 0) is 24.6 Å². The largest absolute Gasteiger partial charge is 0.490 e. The molecule has 0 saturated carbocycles. The molecular weight excluding hydrogens is 250 g/mol. The maximum Gasteiger partial charge on any atom is 0.231 e. The summed E-state index contributed by atoms with van der Waals surface area (Å²) >= 11 is 0. The number of anilines is 1. The summed E-state index contributed by atoms with van der Waals surface area (Å²) in [6, 6.07) is 15.8. The third-order valence-corrected chi connectivity index (χ3v) is 3.51. The van der Waals surface area contributed by atoms with Crippen LogP contribution in [-0.2, 0) is 11.2 Å². The fraction of sp³-hybridized carbons (Fsp3) is 0.235. The maximum atomic E-state index is 12.5. The summed E-state index contributed by atoms with van der Waals surface area (Å²) in [4.78, 5) is 14.3. The number of hydrogen-bond acceptors (Lipinski definition) is 2. The highest BCUT2D eigenvalue weighted by molar-refractivity contribution is 5.96. The van der Waals surface area contributed by atoms with Gasteiger partial charge in [-0.25, -0.2) is 0 Å². The molecule has 0 unspecified atom stereocenters. The molecule has 0 saturated heterocycles. The summed E-state index contributed by atoms with van der Waals surface area (Å²) in [6.45, 7) is 3.21. The molecule has 0 N–H and O–H groups in total. The highest BCUT2D eigenvalue weighted by Gasteiger charge is 2.23. The third-order valence-electron chi connectivity index (χ3n) is 3.51. The molecule has 1 heterocycles. The first kappa shape index (κ1) is 12.7. The van der Waals surface area contributed by atoms with Crippen molar-refractivity contribution in [2.24, 2.45) is 0 Å². The second-order valence-electron chi connectivity index (χ2n) is 5.02. The number of benzene rings is 2. The van der Waals surface area contributed by atoms with E-state index in [2.05, 4.69) is 0 Å². The molecule has 0 fully saturated rings. The van der Waals surface area contributed by atoms with Gasteiger partial charge in [0.1, 0.15) is 12.4 Å². The molecule has 1 amide bonds. The van der Waals surface area contributed by atoms with E-state index in [4.69, 9.17) is 4.74 Å². The highest BCUT2D eigenvalue weighted by Crippen LogP contribution is 2.31. The van der Waals surface area contributed by atoms with Gasteiger partial charge >= 0.3 is 0 Å². The Morgan fingerprint density at radius 2 is 1.90 bits per heavy atom. The lowest BCUT2D eigenvalue weighted by Crippen LogP contribution is -2.38. The first-order valence-corrected chi connectivity index (χ1v) is 6.82. The van der Waals surface area contributed by atoms with Gasteiger partial charge in [0.15, 0.2) is 0 Å². The Labute approximate surface area is 118 Å². The third kappa shape index (κ3) is 2.52. The Kier molecular flexibility index (Phi) is 3.42. The summed E-state index contributed by atoms with van der Waals surface area (Å²) < 4.78 is 5.58. The smallest absolute Gasteiger partial charge is 0.231 e. The van der Waals surface area contributed by atoms with Crippen molar-refractivity contribution >= 4 is 11.6 Å². The lowest BCUT2D eigenvalue weighted by atomic mass is 10.1. The molecule has 102 valence electrons. The minimum absolute atomic E-state index is 0.115. The standard InChI is InChI=1S/C17H17NO2/c1-13-6-8-14(9-7-13)12-17(19)18-10-11-20-16-5-3-2-4-15(16)18/h2-9H,10-12H2,1H3. The van der Waals surface area contributed by atoms with Gasteiger partial charge in [0.2, 0.25) is 5.91 Å². The van der Waals surface area contributed by atoms with Crippen LogP contribution in [0.25, 0.3) is 0 Å². The summed E-state index contributed by atoms with van der Waals surface area (Å²) in [5.41, 5.74) is 3.12. The van der Waals surface area contributed by atoms with Crippen molar-refractivity contribution in [3.05, 3.63) is 59.7 Å². The molecular formula is C17H17NO2. The van der Waals surface area contributed by atoms with Crippen molar-refractivity contribution < 1.29 is 9.53 Å². The Balaban J connectivity index is 1.80. The van der Waals surface area contributed by atoms with E-state index in [9.17, 15) is 4.79 Å². The van der Waals surface area contributed by atoms with Crippen molar-refractivity contribution in [3.8, 4) is 5.75 Å². The fourth-order valence-electron chi connectivity index (χ4n) is 2.40. The summed E-state index contributed by atoms with van der Waals surface area (Å²) in [5.74, 6) is 0.903. The van der Waals surface area contributed by atoms with Crippen LogP contribution in [0.3, 0.4) is 0 Å². The number of para-hydroxylation sites is 2. The number of carbonyl (C=O) groups excluding carboxylic acids is 1. The Morgan fingerprint density at radius 1 is 1.15 bits per heavy atom. The molecule has 0 radical (unpaired) electrons. The molecule has 3 nitrogen and oxygen atoms in total. The maximum absolute atomic E-state index is 12.5. The molecule has 0 aliphatic carbocycles. The number of amides is 1. The van der Waals surface area contributed by atoms with E-state index in [1.54, 1.807) is 0 Å². The average Bonchev–Trinajstić information content (AvgIpc) is 2.49. The Bertz CT molecular complexity index is 619. The molecule has 20 heavy (non-hydrogen) atoms. The number of aryl methyl sites for hydroxylation is 1. The topological polar surface area (TPSA) is 29.5 Å². The fourth-order valence-corrected chi connectivity index (χ4v) is 2.40. The zero-order valence-electron chi connectivity index (χ0n) is 11.5. The van der Waals surface area contributed by atoms with Gasteiger partial charge in [-0.3, -0.25) is 4.79 Å². The van der Waals surface area contributed by atoms with Crippen LogP contribution in [-0.4, -0.2) is 19.1 Å². The van der Waals surface area contributed by atoms with Gasteiger partial charge in [0.05, 0.1) is 18.7 Å². The summed E-state index contributed by atoms with van der Waals surface area (Å²) in [7, 11) is 0. The molecule has 0 aromatic heterocycles. The van der Waals surface area contributed by atoms with E-state index >= 15 is 0 Å². The van der Waals surface area contributed by atoms with Crippen LogP contribution >= 0.6 is 0 Å². The van der Waals surface area contributed by atoms with E-state index in [0.717, 1.165) is 17.0 Å². The zero-order valence-corrected chi connectivity index (χ0v) is 11.5.